The minimum absolute atomic E-state index is 0.0376. The third kappa shape index (κ3) is 4.11. The number of carbonyl (C=O) groups is 1. The van der Waals surface area contributed by atoms with E-state index in [2.05, 4.69) is 5.32 Å². The summed E-state index contributed by atoms with van der Waals surface area (Å²) < 4.78 is 5.14. The molecule has 0 spiro atoms. The Hall–Kier alpha value is -2.87. The number of hydrogen-bond donors (Lipinski definition) is 2. The lowest BCUT2D eigenvalue weighted by Gasteiger charge is -2.23. The Morgan fingerprint density at radius 2 is 2.08 bits per heavy atom. The monoisotopic (exact) mass is 333 g/mol. The highest BCUT2D eigenvalue weighted by molar-refractivity contribution is 5.82. The Labute approximate surface area is 138 Å². The van der Waals surface area contributed by atoms with Crippen LogP contribution in [0.2, 0.25) is 0 Å². The summed E-state index contributed by atoms with van der Waals surface area (Å²) in [6.45, 7) is 1.40. The zero-order valence-electron chi connectivity index (χ0n) is 13.4. The molecule has 128 valence electrons. The topological polar surface area (TPSA) is 109 Å². The van der Waals surface area contributed by atoms with Crippen LogP contribution >= 0.6 is 0 Å². The summed E-state index contributed by atoms with van der Waals surface area (Å²) >= 11 is 0. The van der Waals surface area contributed by atoms with Crippen molar-refractivity contribution in [1.82, 2.24) is 5.32 Å². The zero-order valence-corrected chi connectivity index (χ0v) is 13.4. The highest BCUT2D eigenvalue weighted by Gasteiger charge is 2.27. The number of nitrogens with one attached hydrogen (secondary N) is 1. The standard InChI is InChI=1S/C16H19N3O5/c1-16(21,14-8-5-9-24-14)11-17-15(20)10-18(2)12-6-3-4-7-13(12)19(22)23/h3-9,21H,10-11H2,1-2H3,(H,17,20). The minimum Gasteiger partial charge on any atom is -0.466 e. The van der Waals surface area contributed by atoms with Gasteiger partial charge in [0.05, 0.1) is 24.3 Å². The Kier molecular flexibility index (Phi) is 5.20. The van der Waals surface area contributed by atoms with E-state index in [1.165, 1.54) is 24.2 Å². The van der Waals surface area contributed by atoms with Crippen LogP contribution in [-0.4, -0.2) is 36.1 Å². The summed E-state index contributed by atoms with van der Waals surface area (Å²) in [7, 11) is 1.59. The van der Waals surface area contributed by atoms with Crippen LogP contribution in [0.25, 0.3) is 0 Å². The Balaban J connectivity index is 1.96. The normalized spacial score (nSPS) is 13.1. The molecule has 1 atom stereocenters. The molecule has 1 heterocycles. The van der Waals surface area contributed by atoms with Crippen molar-refractivity contribution in [2.24, 2.45) is 0 Å². The number of aliphatic hydroxyl groups is 1. The van der Waals surface area contributed by atoms with Gasteiger partial charge in [0.2, 0.25) is 5.91 Å². The Morgan fingerprint density at radius 3 is 2.71 bits per heavy atom. The maximum atomic E-state index is 12.1. The molecule has 1 unspecified atom stereocenters. The maximum absolute atomic E-state index is 12.1. The molecule has 0 radical (unpaired) electrons. The predicted octanol–water partition coefficient (Wildman–Crippen LogP) is 1.65. The fourth-order valence-corrected chi connectivity index (χ4v) is 2.24. The van der Waals surface area contributed by atoms with Gasteiger partial charge in [0.1, 0.15) is 17.0 Å². The minimum atomic E-state index is -1.34. The molecule has 1 aromatic heterocycles. The van der Waals surface area contributed by atoms with E-state index in [1.54, 1.807) is 37.4 Å². The van der Waals surface area contributed by atoms with Crippen molar-refractivity contribution in [2.45, 2.75) is 12.5 Å². The van der Waals surface area contributed by atoms with Gasteiger partial charge in [0, 0.05) is 13.1 Å². The lowest BCUT2D eigenvalue weighted by atomic mass is 10.0. The van der Waals surface area contributed by atoms with Gasteiger partial charge >= 0.3 is 0 Å². The first-order chi connectivity index (χ1) is 11.3. The number of likely N-dealkylation sites (N-methyl/N-ethyl adjacent to an activating group) is 1. The molecule has 2 aromatic rings. The van der Waals surface area contributed by atoms with E-state index >= 15 is 0 Å². The number of rotatable bonds is 7. The summed E-state index contributed by atoms with van der Waals surface area (Å²) in [6, 6.07) is 9.45. The van der Waals surface area contributed by atoms with Crippen LogP contribution in [-0.2, 0) is 10.4 Å². The molecule has 24 heavy (non-hydrogen) atoms. The predicted molar refractivity (Wildman–Crippen MR) is 87.7 cm³/mol. The van der Waals surface area contributed by atoms with Crippen molar-refractivity contribution in [3.63, 3.8) is 0 Å². The molecule has 1 aromatic carbocycles. The lowest BCUT2D eigenvalue weighted by Crippen LogP contribution is -2.42. The van der Waals surface area contributed by atoms with Gasteiger partial charge in [-0.05, 0) is 25.1 Å². The largest absolute Gasteiger partial charge is 0.466 e. The first kappa shape index (κ1) is 17.5. The van der Waals surface area contributed by atoms with E-state index in [4.69, 9.17) is 4.42 Å². The van der Waals surface area contributed by atoms with Crippen LogP contribution in [0.3, 0.4) is 0 Å². The second-order valence-corrected chi connectivity index (χ2v) is 5.63. The molecular weight excluding hydrogens is 314 g/mol. The molecule has 0 bridgehead atoms. The average molecular weight is 333 g/mol. The number of carbonyl (C=O) groups excluding carboxylic acids is 1. The SMILES string of the molecule is CN(CC(=O)NCC(C)(O)c1ccco1)c1ccccc1[N+](=O)[O-]. The smallest absolute Gasteiger partial charge is 0.292 e. The highest BCUT2D eigenvalue weighted by atomic mass is 16.6. The summed E-state index contributed by atoms with van der Waals surface area (Å²) in [6.07, 6.45) is 1.44. The first-order valence-corrected chi connectivity index (χ1v) is 7.29. The van der Waals surface area contributed by atoms with Crippen molar-refractivity contribution >= 4 is 17.3 Å². The molecule has 0 fully saturated rings. The van der Waals surface area contributed by atoms with E-state index in [0.29, 0.717) is 11.4 Å². The summed E-state index contributed by atoms with van der Waals surface area (Å²) in [5.41, 5.74) is -1.07. The molecule has 0 saturated carbocycles. The average Bonchev–Trinajstić information content (AvgIpc) is 3.08. The van der Waals surface area contributed by atoms with Crippen LogP contribution in [0.5, 0.6) is 0 Å². The van der Waals surface area contributed by atoms with Gasteiger partial charge < -0.3 is 19.7 Å². The van der Waals surface area contributed by atoms with E-state index < -0.39 is 10.5 Å². The number of para-hydroxylation sites is 2. The fourth-order valence-electron chi connectivity index (χ4n) is 2.24. The number of benzene rings is 1. The van der Waals surface area contributed by atoms with Gasteiger partial charge in [-0.25, -0.2) is 0 Å². The summed E-state index contributed by atoms with van der Waals surface area (Å²) in [4.78, 5) is 24.1. The van der Waals surface area contributed by atoms with Crippen molar-refractivity contribution in [3.8, 4) is 0 Å². The number of furan rings is 1. The Bertz CT molecular complexity index is 712. The zero-order chi connectivity index (χ0) is 17.7. The molecule has 0 aliphatic rings. The van der Waals surface area contributed by atoms with Crippen LogP contribution in [0.15, 0.2) is 47.1 Å². The van der Waals surface area contributed by atoms with Crippen molar-refractivity contribution in [1.29, 1.82) is 0 Å². The van der Waals surface area contributed by atoms with E-state index in [9.17, 15) is 20.0 Å². The number of nitro benzene ring substituents is 1. The first-order valence-electron chi connectivity index (χ1n) is 7.29. The molecule has 1 amide bonds. The van der Waals surface area contributed by atoms with E-state index in [1.807, 2.05) is 0 Å². The van der Waals surface area contributed by atoms with Crippen molar-refractivity contribution in [2.75, 3.05) is 25.0 Å². The van der Waals surface area contributed by atoms with Gasteiger partial charge in [-0.2, -0.15) is 0 Å². The summed E-state index contributed by atoms with van der Waals surface area (Å²) in [5, 5.41) is 23.9. The van der Waals surface area contributed by atoms with Gasteiger partial charge in [-0.3, -0.25) is 14.9 Å². The number of anilines is 1. The van der Waals surface area contributed by atoms with Gasteiger partial charge in [-0.15, -0.1) is 0 Å². The molecule has 2 rings (SSSR count). The summed E-state index contributed by atoms with van der Waals surface area (Å²) in [5.74, 6) is -0.0302. The number of hydrogen-bond acceptors (Lipinski definition) is 6. The quantitative estimate of drug-likeness (QED) is 0.589. The van der Waals surface area contributed by atoms with Crippen molar-refractivity contribution < 1.29 is 19.2 Å². The molecule has 8 heteroatoms. The van der Waals surface area contributed by atoms with Crippen LogP contribution in [0.1, 0.15) is 12.7 Å². The Morgan fingerprint density at radius 1 is 1.38 bits per heavy atom. The molecule has 0 aliphatic carbocycles. The molecule has 0 saturated heterocycles. The van der Waals surface area contributed by atoms with Gasteiger partial charge in [0.25, 0.3) is 5.69 Å². The molecular formula is C16H19N3O5. The number of nitrogens with zero attached hydrogens (tertiary/aromatic N) is 2. The molecule has 0 aliphatic heterocycles. The van der Waals surface area contributed by atoms with Gasteiger partial charge in [0.15, 0.2) is 0 Å². The van der Waals surface area contributed by atoms with Crippen LogP contribution in [0.4, 0.5) is 11.4 Å². The van der Waals surface area contributed by atoms with E-state index in [-0.39, 0.29) is 24.7 Å². The highest BCUT2D eigenvalue weighted by Crippen LogP contribution is 2.26. The van der Waals surface area contributed by atoms with E-state index in [0.717, 1.165) is 0 Å². The molecule has 2 N–H and O–H groups in total. The number of amides is 1. The third-order valence-corrected chi connectivity index (χ3v) is 3.55. The third-order valence-electron chi connectivity index (χ3n) is 3.55. The van der Waals surface area contributed by atoms with Crippen molar-refractivity contribution in [3.05, 3.63) is 58.5 Å². The number of nitro groups is 1. The maximum Gasteiger partial charge on any atom is 0.292 e. The molecule has 8 nitrogen and oxygen atoms in total. The van der Waals surface area contributed by atoms with Crippen LogP contribution in [0, 0.1) is 10.1 Å². The second-order valence-electron chi connectivity index (χ2n) is 5.63. The van der Waals surface area contributed by atoms with Crippen LogP contribution < -0.4 is 10.2 Å². The van der Waals surface area contributed by atoms with Gasteiger partial charge in [-0.1, -0.05) is 12.1 Å². The second kappa shape index (κ2) is 7.14. The lowest BCUT2D eigenvalue weighted by molar-refractivity contribution is -0.384. The fraction of sp³-hybridized carbons (Fsp3) is 0.312.